The zero-order chi connectivity index (χ0) is 22.3. The third kappa shape index (κ3) is 5.82. The number of halogens is 1. The van der Waals surface area contributed by atoms with E-state index in [9.17, 15) is 9.90 Å². The number of hydrogen-bond acceptors (Lipinski definition) is 5. The molecular formula is C27H28ClNO4. The van der Waals surface area contributed by atoms with Crippen LogP contribution in [-0.4, -0.2) is 30.9 Å². The monoisotopic (exact) mass is 465 g/mol. The number of fused-ring (bicyclic) bond motifs is 1. The lowest BCUT2D eigenvalue weighted by Gasteiger charge is -2.14. The van der Waals surface area contributed by atoms with Crippen molar-refractivity contribution in [2.24, 2.45) is 0 Å². The minimum Gasteiger partial charge on any atom is -0.491 e. The van der Waals surface area contributed by atoms with Crippen LogP contribution in [0.3, 0.4) is 0 Å². The van der Waals surface area contributed by atoms with Gasteiger partial charge in [0.05, 0.1) is 10.9 Å². The highest BCUT2D eigenvalue weighted by atomic mass is 35.5. The molecule has 1 heterocycles. The van der Waals surface area contributed by atoms with Crippen LogP contribution in [0.2, 0.25) is 0 Å². The number of nitrogens with one attached hydrogen (secondary N) is 1. The molecule has 1 unspecified atom stereocenters. The van der Waals surface area contributed by atoms with Gasteiger partial charge in [0, 0.05) is 18.2 Å². The molecule has 1 aromatic heterocycles. The molecule has 0 saturated carbocycles. The molecule has 4 rings (SSSR count). The Hall–Kier alpha value is -3.12. The highest BCUT2D eigenvalue weighted by molar-refractivity contribution is 5.89. The summed E-state index contributed by atoms with van der Waals surface area (Å²) in [4.78, 5) is 13.5. The molecule has 0 radical (unpaired) electrons. The van der Waals surface area contributed by atoms with Crippen molar-refractivity contribution in [2.75, 3.05) is 19.7 Å². The summed E-state index contributed by atoms with van der Waals surface area (Å²) in [6.45, 7) is 3.55. The summed E-state index contributed by atoms with van der Waals surface area (Å²) in [7, 11) is 0. The lowest BCUT2D eigenvalue weighted by atomic mass is 9.98. The van der Waals surface area contributed by atoms with Gasteiger partial charge in [-0.25, -0.2) is 0 Å². The SMILES string of the molecule is CCCNCC(O)COc1ccc2c(=O)c(-c3ccccc3)c(-c3ccccc3)oc2c1.Cl. The molecule has 0 bridgehead atoms. The summed E-state index contributed by atoms with van der Waals surface area (Å²) in [6, 6.07) is 24.4. The summed E-state index contributed by atoms with van der Waals surface area (Å²) < 4.78 is 12.0. The van der Waals surface area contributed by atoms with Crippen molar-refractivity contribution in [1.29, 1.82) is 0 Å². The standard InChI is InChI=1S/C27H27NO4.ClH/c1-2-15-28-17-21(29)18-31-22-13-14-23-24(16-22)32-27(20-11-7-4-8-12-20)25(26(23)30)19-9-5-3-6-10-19;/h3-14,16,21,28-29H,2,15,17-18H2,1H3;1H. The Labute approximate surface area is 199 Å². The van der Waals surface area contributed by atoms with Crippen LogP contribution >= 0.6 is 12.4 Å². The number of benzene rings is 3. The van der Waals surface area contributed by atoms with Gasteiger partial charge in [0.15, 0.2) is 0 Å². The lowest BCUT2D eigenvalue weighted by Crippen LogP contribution is -2.31. The average molecular weight is 466 g/mol. The molecule has 6 heteroatoms. The third-order valence-corrected chi connectivity index (χ3v) is 5.21. The highest BCUT2D eigenvalue weighted by Crippen LogP contribution is 2.33. The van der Waals surface area contributed by atoms with Gasteiger partial charge in [0.1, 0.15) is 29.8 Å². The van der Waals surface area contributed by atoms with E-state index in [-0.39, 0.29) is 24.4 Å². The second-order valence-electron chi connectivity index (χ2n) is 7.69. The van der Waals surface area contributed by atoms with Gasteiger partial charge in [-0.2, -0.15) is 0 Å². The van der Waals surface area contributed by atoms with Crippen molar-refractivity contribution in [3.63, 3.8) is 0 Å². The molecule has 0 aliphatic carbocycles. The molecule has 172 valence electrons. The number of aliphatic hydroxyl groups is 1. The molecule has 33 heavy (non-hydrogen) atoms. The van der Waals surface area contributed by atoms with Crippen molar-refractivity contribution >= 4 is 23.4 Å². The van der Waals surface area contributed by atoms with Crippen LogP contribution in [0.1, 0.15) is 13.3 Å². The van der Waals surface area contributed by atoms with E-state index in [4.69, 9.17) is 9.15 Å². The molecule has 0 aliphatic rings. The molecule has 0 saturated heterocycles. The summed E-state index contributed by atoms with van der Waals surface area (Å²) >= 11 is 0. The minimum absolute atomic E-state index is 0. The molecule has 0 amide bonds. The van der Waals surface area contributed by atoms with Gasteiger partial charge in [-0.15, -0.1) is 12.4 Å². The quantitative estimate of drug-likeness (QED) is 0.329. The number of aliphatic hydroxyl groups excluding tert-OH is 1. The first-order valence-electron chi connectivity index (χ1n) is 10.9. The minimum atomic E-state index is -0.621. The van der Waals surface area contributed by atoms with E-state index in [1.54, 1.807) is 18.2 Å². The summed E-state index contributed by atoms with van der Waals surface area (Å²) in [5, 5.41) is 13.7. The first kappa shape index (κ1) is 24.5. The maximum Gasteiger partial charge on any atom is 0.201 e. The van der Waals surface area contributed by atoms with Gasteiger partial charge in [-0.05, 0) is 30.7 Å². The Morgan fingerprint density at radius 3 is 2.30 bits per heavy atom. The normalized spacial score (nSPS) is 11.7. The second kappa shape index (κ2) is 11.7. The van der Waals surface area contributed by atoms with Crippen LogP contribution in [0.4, 0.5) is 0 Å². The smallest absolute Gasteiger partial charge is 0.201 e. The van der Waals surface area contributed by atoms with Gasteiger partial charge in [0.2, 0.25) is 5.43 Å². The maximum absolute atomic E-state index is 13.5. The van der Waals surface area contributed by atoms with Crippen molar-refractivity contribution in [3.8, 4) is 28.2 Å². The molecular weight excluding hydrogens is 438 g/mol. The number of rotatable bonds is 9. The first-order valence-corrected chi connectivity index (χ1v) is 10.9. The molecule has 0 aliphatic heterocycles. The van der Waals surface area contributed by atoms with E-state index in [1.807, 2.05) is 60.7 Å². The van der Waals surface area contributed by atoms with Crippen LogP contribution in [0, 0.1) is 0 Å². The Balaban J connectivity index is 0.00000306. The maximum atomic E-state index is 13.5. The van der Waals surface area contributed by atoms with Crippen molar-refractivity contribution in [2.45, 2.75) is 19.4 Å². The van der Waals surface area contributed by atoms with Crippen LogP contribution in [0.25, 0.3) is 33.4 Å². The summed E-state index contributed by atoms with van der Waals surface area (Å²) in [6.07, 6.45) is 0.385. The first-order chi connectivity index (χ1) is 15.7. The Morgan fingerprint density at radius 1 is 0.970 bits per heavy atom. The topological polar surface area (TPSA) is 71.7 Å². The zero-order valence-corrected chi connectivity index (χ0v) is 19.3. The predicted molar refractivity (Wildman–Crippen MR) is 135 cm³/mol. The van der Waals surface area contributed by atoms with Gasteiger partial charge >= 0.3 is 0 Å². The van der Waals surface area contributed by atoms with E-state index in [1.165, 1.54) is 0 Å². The van der Waals surface area contributed by atoms with Crippen molar-refractivity contribution < 1.29 is 14.3 Å². The van der Waals surface area contributed by atoms with Gasteiger partial charge < -0.3 is 19.6 Å². The lowest BCUT2D eigenvalue weighted by molar-refractivity contribution is 0.106. The Kier molecular flexibility index (Phi) is 8.66. The van der Waals surface area contributed by atoms with Crippen molar-refractivity contribution in [1.82, 2.24) is 5.32 Å². The molecule has 0 fully saturated rings. The summed E-state index contributed by atoms with van der Waals surface area (Å²) in [5.41, 5.74) is 2.53. The fourth-order valence-electron chi connectivity index (χ4n) is 3.62. The van der Waals surface area contributed by atoms with E-state index >= 15 is 0 Å². The molecule has 2 N–H and O–H groups in total. The van der Waals surface area contributed by atoms with Crippen LogP contribution in [-0.2, 0) is 0 Å². The van der Waals surface area contributed by atoms with E-state index in [2.05, 4.69) is 12.2 Å². The molecule has 3 aromatic carbocycles. The van der Waals surface area contributed by atoms with Crippen LogP contribution in [0.15, 0.2) is 88.1 Å². The molecule has 5 nitrogen and oxygen atoms in total. The fourth-order valence-corrected chi connectivity index (χ4v) is 3.62. The van der Waals surface area contributed by atoms with Gasteiger partial charge in [0.25, 0.3) is 0 Å². The van der Waals surface area contributed by atoms with E-state index < -0.39 is 6.10 Å². The van der Waals surface area contributed by atoms with Crippen molar-refractivity contribution in [3.05, 3.63) is 89.1 Å². The number of ether oxygens (including phenoxy) is 1. The molecule has 1 atom stereocenters. The Morgan fingerprint density at radius 2 is 1.64 bits per heavy atom. The van der Waals surface area contributed by atoms with E-state index in [0.717, 1.165) is 24.1 Å². The largest absolute Gasteiger partial charge is 0.491 e. The van der Waals surface area contributed by atoms with Gasteiger partial charge in [-0.1, -0.05) is 67.6 Å². The van der Waals surface area contributed by atoms with Crippen LogP contribution in [0.5, 0.6) is 5.75 Å². The van der Waals surface area contributed by atoms with E-state index in [0.29, 0.717) is 34.6 Å². The predicted octanol–water partition coefficient (Wildman–Crippen LogP) is 5.29. The third-order valence-electron chi connectivity index (χ3n) is 5.21. The fraction of sp³-hybridized carbons (Fsp3) is 0.222. The molecule has 4 aromatic rings. The average Bonchev–Trinajstić information content (AvgIpc) is 2.84. The zero-order valence-electron chi connectivity index (χ0n) is 18.5. The molecule has 0 spiro atoms. The second-order valence-corrected chi connectivity index (χ2v) is 7.69. The summed E-state index contributed by atoms with van der Waals surface area (Å²) in [5.74, 6) is 1.07. The Bertz CT molecular complexity index is 1230. The highest BCUT2D eigenvalue weighted by Gasteiger charge is 2.18. The number of hydrogen-bond donors (Lipinski definition) is 2. The van der Waals surface area contributed by atoms with Gasteiger partial charge in [-0.3, -0.25) is 4.79 Å². The van der Waals surface area contributed by atoms with Crippen LogP contribution < -0.4 is 15.5 Å².